The lowest BCUT2D eigenvalue weighted by atomic mass is 10.0. The van der Waals surface area contributed by atoms with Crippen LogP contribution in [0.1, 0.15) is 32.1 Å². The second kappa shape index (κ2) is 2.21. The second-order valence-electron chi connectivity index (χ2n) is 3.47. The van der Waals surface area contributed by atoms with Crippen LogP contribution in [0.25, 0.3) is 0 Å². The number of piperidine rings is 1. The Morgan fingerprint density at radius 3 is 3.00 bits per heavy atom. The predicted octanol–water partition coefficient (Wildman–Crippen LogP) is 1.26. The highest BCUT2D eigenvalue weighted by Gasteiger charge is 2.41. The minimum Gasteiger partial charge on any atom is -0.364 e. The molecule has 2 saturated heterocycles. The van der Waals surface area contributed by atoms with Gasteiger partial charge in [-0.3, -0.25) is 5.32 Å². The zero-order chi connectivity index (χ0) is 7.03. The fourth-order valence-corrected chi connectivity index (χ4v) is 2.23. The van der Waals surface area contributed by atoms with Crippen LogP contribution in [0.4, 0.5) is 0 Å². The van der Waals surface area contributed by atoms with Crippen LogP contribution >= 0.6 is 0 Å². The molecule has 2 fully saturated rings. The molecule has 2 aliphatic rings. The van der Waals surface area contributed by atoms with Gasteiger partial charge in [-0.05, 0) is 32.1 Å². The van der Waals surface area contributed by atoms with Crippen molar-refractivity contribution < 1.29 is 4.74 Å². The van der Waals surface area contributed by atoms with E-state index in [2.05, 4.69) is 5.32 Å². The van der Waals surface area contributed by atoms with E-state index in [-0.39, 0.29) is 5.72 Å². The number of methoxy groups -OCH3 is 1. The molecule has 0 aliphatic carbocycles. The predicted molar refractivity (Wildman–Crippen MR) is 39.7 cm³/mol. The number of hydrogen-bond acceptors (Lipinski definition) is 2. The van der Waals surface area contributed by atoms with Crippen LogP contribution in [0.2, 0.25) is 0 Å². The molecule has 2 nitrogen and oxygen atoms in total. The molecule has 0 aromatic carbocycles. The first-order chi connectivity index (χ1) is 4.85. The Morgan fingerprint density at radius 1 is 1.40 bits per heavy atom. The van der Waals surface area contributed by atoms with Crippen molar-refractivity contribution in [2.75, 3.05) is 7.11 Å². The van der Waals surface area contributed by atoms with Gasteiger partial charge >= 0.3 is 0 Å². The Bertz CT molecular complexity index is 133. The molecule has 0 aromatic rings. The third kappa shape index (κ3) is 0.867. The van der Waals surface area contributed by atoms with E-state index in [4.69, 9.17) is 4.74 Å². The summed E-state index contributed by atoms with van der Waals surface area (Å²) >= 11 is 0. The molecule has 2 aliphatic heterocycles. The number of fused-ring (bicyclic) bond motifs is 2. The Balaban J connectivity index is 2.10. The molecular formula is C8H15NO. The lowest BCUT2D eigenvalue weighted by Gasteiger charge is -2.32. The Hall–Kier alpha value is -0.0800. The summed E-state index contributed by atoms with van der Waals surface area (Å²) < 4.78 is 5.46. The van der Waals surface area contributed by atoms with Crippen molar-refractivity contribution in [3.8, 4) is 0 Å². The molecule has 1 N–H and O–H groups in total. The molecule has 2 rings (SSSR count). The van der Waals surface area contributed by atoms with Crippen LogP contribution < -0.4 is 5.32 Å². The number of rotatable bonds is 1. The number of hydrogen-bond donors (Lipinski definition) is 1. The van der Waals surface area contributed by atoms with Crippen LogP contribution in [0.5, 0.6) is 0 Å². The molecule has 2 heteroatoms. The Morgan fingerprint density at radius 2 is 2.30 bits per heavy atom. The molecule has 0 saturated carbocycles. The highest BCUT2D eigenvalue weighted by molar-refractivity contribution is 4.94. The first-order valence-corrected chi connectivity index (χ1v) is 4.17. The smallest absolute Gasteiger partial charge is 0.119 e. The van der Waals surface area contributed by atoms with Crippen LogP contribution in [0, 0.1) is 0 Å². The number of nitrogens with one attached hydrogen (secondary N) is 1. The third-order valence-corrected chi connectivity index (χ3v) is 2.89. The maximum Gasteiger partial charge on any atom is 0.119 e. The van der Waals surface area contributed by atoms with Crippen molar-refractivity contribution >= 4 is 0 Å². The van der Waals surface area contributed by atoms with Gasteiger partial charge in [-0.15, -0.1) is 0 Å². The van der Waals surface area contributed by atoms with Crippen LogP contribution in [0.15, 0.2) is 0 Å². The summed E-state index contributed by atoms with van der Waals surface area (Å²) in [5.74, 6) is 0. The Labute approximate surface area is 61.9 Å². The first kappa shape index (κ1) is 6.62. The van der Waals surface area contributed by atoms with Crippen molar-refractivity contribution in [1.82, 2.24) is 5.32 Å². The summed E-state index contributed by atoms with van der Waals surface area (Å²) in [5.41, 5.74) is 0.0862. The quantitative estimate of drug-likeness (QED) is 0.593. The van der Waals surface area contributed by atoms with Crippen molar-refractivity contribution in [2.24, 2.45) is 0 Å². The van der Waals surface area contributed by atoms with Gasteiger partial charge in [-0.1, -0.05) is 0 Å². The summed E-state index contributed by atoms with van der Waals surface area (Å²) in [7, 11) is 1.82. The average molecular weight is 141 g/mol. The standard InChI is InChI=1S/C8H15NO/c1-10-8-5-2-3-7(9-8)4-6-8/h7,9H,2-6H2,1H3. The van der Waals surface area contributed by atoms with Gasteiger partial charge in [0.1, 0.15) is 5.72 Å². The molecule has 0 aromatic heterocycles. The summed E-state index contributed by atoms with van der Waals surface area (Å²) in [6.45, 7) is 0. The van der Waals surface area contributed by atoms with Gasteiger partial charge in [0.2, 0.25) is 0 Å². The van der Waals surface area contributed by atoms with Gasteiger partial charge in [-0.25, -0.2) is 0 Å². The maximum atomic E-state index is 5.46. The van der Waals surface area contributed by atoms with Gasteiger partial charge < -0.3 is 4.74 Å². The zero-order valence-corrected chi connectivity index (χ0v) is 6.52. The highest BCUT2D eigenvalue weighted by atomic mass is 16.5. The van der Waals surface area contributed by atoms with Gasteiger partial charge in [0.15, 0.2) is 0 Å². The monoisotopic (exact) mass is 141 g/mol. The topological polar surface area (TPSA) is 21.3 Å². The molecule has 2 unspecified atom stereocenters. The lowest BCUT2D eigenvalue weighted by Crippen LogP contribution is -2.47. The van der Waals surface area contributed by atoms with Crippen LogP contribution in [-0.2, 0) is 4.74 Å². The second-order valence-corrected chi connectivity index (χ2v) is 3.47. The minimum atomic E-state index is 0.0862. The van der Waals surface area contributed by atoms with E-state index < -0.39 is 0 Å². The van der Waals surface area contributed by atoms with Crippen LogP contribution in [-0.4, -0.2) is 18.9 Å². The average Bonchev–Trinajstić information content (AvgIpc) is 2.29. The van der Waals surface area contributed by atoms with E-state index >= 15 is 0 Å². The van der Waals surface area contributed by atoms with Gasteiger partial charge in [0.25, 0.3) is 0 Å². The summed E-state index contributed by atoms with van der Waals surface area (Å²) in [6, 6.07) is 0.758. The maximum absolute atomic E-state index is 5.46. The molecular weight excluding hydrogens is 126 g/mol. The zero-order valence-electron chi connectivity index (χ0n) is 6.52. The fourth-order valence-electron chi connectivity index (χ4n) is 2.23. The van der Waals surface area contributed by atoms with Crippen molar-refractivity contribution in [1.29, 1.82) is 0 Å². The van der Waals surface area contributed by atoms with Gasteiger partial charge in [0, 0.05) is 13.2 Å². The molecule has 0 amide bonds. The van der Waals surface area contributed by atoms with Crippen molar-refractivity contribution in [3.63, 3.8) is 0 Å². The molecule has 2 heterocycles. The lowest BCUT2D eigenvalue weighted by molar-refractivity contribution is -0.0450. The van der Waals surface area contributed by atoms with Gasteiger partial charge in [-0.2, -0.15) is 0 Å². The normalized spacial score (nSPS) is 45.9. The van der Waals surface area contributed by atoms with E-state index in [0.29, 0.717) is 0 Å². The summed E-state index contributed by atoms with van der Waals surface area (Å²) in [6.07, 6.45) is 6.43. The van der Waals surface area contributed by atoms with E-state index in [1.54, 1.807) is 0 Å². The van der Waals surface area contributed by atoms with Gasteiger partial charge in [0.05, 0.1) is 0 Å². The summed E-state index contributed by atoms with van der Waals surface area (Å²) in [5, 5.41) is 3.53. The largest absolute Gasteiger partial charge is 0.364 e. The number of ether oxygens (including phenoxy) is 1. The molecule has 58 valence electrons. The molecule has 10 heavy (non-hydrogen) atoms. The van der Waals surface area contributed by atoms with E-state index in [0.717, 1.165) is 6.04 Å². The van der Waals surface area contributed by atoms with Crippen LogP contribution in [0.3, 0.4) is 0 Å². The van der Waals surface area contributed by atoms with E-state index in [9.17, 15) is 0 Å². The van der Waals surface area contributed by atoms with Crippen molar-refractivity contribution in [3.05, 3.63) is 0 Å². The third-order valence-electron chi connectivity index (χ3n) is 2.89. The van der Waals surface area contributed by atoms with Crippen molar-refractivity contribution in [2.45, 2.75) is 43.9 Å². The van der Waals surface area contributed by atoms with E-state index in [1.165, 1.54) is 32.1 Å². The minimum absolute atomic E-state index is 0.0862. The molecule has 2 atom stereocenters. The highest BCUT2D eigenvalue weighted by Crippen LogP contribution is 2.35. The molecule has 2 bridgehead atoms. The SMILES string of the molecule is COC12CCCC(CC1)N2. The van der Waals surface area contributed by atoms with E-state index in [1.807, 2.05) is 7.11 Å². The molecule has 0 radical (unpaired) electrons. The Kier molecular flexibility index (Phi) is 1.46. The first-order valence-electron chi connectivity index (χ1n) is 4.17. The fraction of sp³-hybridized carbons (Fsp3) is 1.00. The molecule has 0 spiro atoms. The summed E-state index contributed by atoms with van der Waals surface area (Å²) in [4.78, 5) is 0.